The van der Waals surface area contributed by atoms with Gasteiger partial charge in [0.15, 0.2) is 5.44 Å². The van der Waals surface area contributed by atoms with E-state index < -0.39 is 15.6 Å². The second-order valence-corrected chi connectivity index (χ2v) is 4.53. The minimum atomic E-state index is -4.73. The molecule has 5 nitrogen and oxygen atoms in total. The number of aliphatic hydroxyl groups excluding tert-OH is 1. The number of hydrogen-bond donors (Lipinski definition) is 1. The fourth-order valence-electron chi connectivity index (χ4n) is 0.742. The summed E-state index contributed by atoms with van der Waals surface area (Å²) < 4.78 is 31.6. The third-order valence-electron chi connectivity index (χ3n) is 1.34. The van der Waals surface area contributed by atoms with E-state index in [1.54, 1.807) is 0 Å². The molecule has 72 valence electrons. The summed E-state index contributed by atoms with van der Waals surface area (Å²) in [4.78, 5) is 3.65. The van der Waals surface area contributed by atoms with Crippen molar-refractivity contribution in [1.82, 2.24) is 4.98 Å². The van der Waals surface area contributed by atoms with E-state index in [1.807, 2.05) is 0 Å². The molecule has 1 aromatic heterocycles. The van der Waals surface area contributed by atoms with Crippen molar-refractivity contribution >= 4 is 26.0 Å². The monoisotopic (exact) mass is 289 g/mol. The van der Waals surface area contributed by atoms with Gasteiger partial charge < -0.3 is 9.66 Å². The zero-order valence-electron chi connectivity index (χ0n) is 7.21. The molecule has 1 N–H and O–H groups in total. The Morgan fingerprint density at radius 2 is 2.14 bits per heavy atom. The molecule has 0 saturated heterocycles. The van der Waals surface area contributed by atoms with Crippen LogP contribution in [0, 0.1) is 0 Å². The number of hydrogen-bond acceptors (Lipinski definition) is 5. The van der Waals surface area contributed by atoms with E-state index in [2.05, 4.69) is 20.9 Å². The zero-order chi connectivity index (χ0) is 10.1. The first-order valence-electron chi connectivity index (χ1n) is 3.15. The molecular weight excluding hydrogens is 285 g/mol. The van der Waals surface area contributed by atoms with Crippen LogP contribution in [0.2, 0.25) is 0 Å². The van der Waals surface area contributed by atoms with Crippen molar-refractivity contribution < 1.29 is 47.6 Å². The van der Waals surface area contributed by atoms with Gasteiger partial charge in [-0.2, -0.15) is 0 Å². The van der Waals surface area contributed by atoms with Crippen LogP contribution < -0.4 is 29.6 Å². The second-order valence-electron chi connectivity index (χ2n) is 2.24. The molecule has 0 saturated carbocycles. The molecule has 1 aromatic rings. The Bertz CT molecular complexity index is 410. The molecule has 8 heteroatoms. The van der Waals surface area contributed by atoms with Crippen molar-refractivity contribution in [2.45, 2.75) is 5.44 Å². The number of aliphatic hydroxyl groups is 1. The molecular formula is C6H5BrNNaO4S. The molecule has 0 radical (unpaired) electrons. The van der Waals surface area contributed by atoms with Crippen LogP contribution in [0.4, 0.5) is 0 Å². The van der Waals surface area contributed by atoms with Gasteiger partial charge in [-0.1, -0.05) is 0 Å². The predicted octanol–water partition coefficient (Wildman–Crippen LogP) is -2.62. The van der Waals surface area contributed by atoms with Crippen LogP contribution in [0.1, 0.15) is 11.0 Å². The minimum absolute atomic E-state index is 0. The summed E-state index contributed by atoms with van der Waals surface area (Å²) in [5, 5.41) is 9.08. The first-order valence-corrected chi connectivity index (χ1v) is 5.41. The van der Waals surface area contributed by atoms with Crippen molar-refractivity contribution in [2.24, 2.45) is 0 Å². The summed E-state index contributed by atoms with van der Waals surface area (Å²) in [6.45, 7) is 0. The van der Waals surface area contributed by atoms with E-state index >= 15 is 0 Å². The van der Waals surface area contributed by atoms with Gasteiger partial charge >= 0.3 is 29.6 Å². The summed E-state index contributed by atoms with van der Waals surface area (Å²) in [6.07, 6.45) is 2.58. The number of aromatic nitrogens is 1. The van der Waals surface area contributed by atoms with Crippen LogP contribution in [0.25, 0.3) is 0 Å². The topological polar surface area (TPSA) is 90.3 Å². The quantitative estimate of drug-likeness (QED) is 0.476. The normalized spacial score (nSPS) is 13.1. The Morgan fingerprint density at radius 1 is 1.57 bits per heavy atom. The Balaban J connectivity index is 0.00000169. The van der Waals surface area contributed by atoms with Gasteiger partial charge in [0.25, 0.3) is 0 Å². The number of halogens is 1. The largest absolute Gasteiger partial charge is 1.00 e. The summed E-state index contributed by atoms with van der Waals surface area (Å²) in [7, 11) is -4.73. The third-order valence-corrected chi connectivity index (χ3v) is 2.81. The van der Waals surface area contributed by atoms with Crippen LogP contribution in [0.15, 0.2) is 22.9 Å². The molecule has 0 spiro atoms. The van der Waals surface area contributed by atoms with Gasteiger partial charge in [0, 0.05) is 22.4 Å². The van der Waals surface area contributed by atoms with Crippen molar-refractivity contribution in [2.75, 3.05) is 0 Å². The van der Waals surface area contributed by atoms with Gasteiger partial charge in [-0.3, -0.25) is 4.98 Å². The average molecular weight is 290 g/mol. The van der Waals surface area contributed by atoms with Crippen molar-refractivity contribution in [3.05, 3.63) is 28.5 Å². The van der Waals surface area contributed by atoms with E-state index in [-0.39, 0.29) is 39.6 Å². The van der Waals surface area contributed by atoms with Gasteiger partial charge in [-0.15, -0.1) is 0 Å². The maximum atomic E-state index is 10.4. The van der Waals surface area contributed by atoms with Crippen LogP contribution in [0.5, 0.6) is 0 Å². The Kier molecular flexibility index (Phi) is 5.75. The fraction of sp³-hybridized carbons (Fsp3) is 0.167. The standard InChI is InChI=1S/C6H6BrNO4S.Na/c7-5-3-8-2-1-4(5)6(9)13(10,11)12;/h1-3,6,9H,(H,10,11,12);/q;+1/p-1. The molecule has 0 aliphatic carbocycles. The zero-order valence-corrected chi connectivity index (χ0v) is 11.6. The van der Waals surface area contributed by atoms with Gasteiger partial charge in [0.1, 0.15) is 10.1 Å². The summed E-state index contributed by atoms with van der Waals surface area (Å²) in [6, 6.07) is 1.25. The molecule has 0 amide bonds. The SMILES string of the molecule is O=S(=O)([O-])C(O)c1ccncc1Br.[Na+]. The second kappa shape index (κ2) is 5.55. The number of rotatable bonds is 2. The van der Waals surface area contributed by atoms with Crippen molar-refractivity contribution in [1.29, 1.82) is 0 Å². The molecule has 0 bridgehead atoms. The molecule has 0 fully saturated rings. The molecule has 1 heterocycles. The predicted molar refractivity (Wildman–Crippen MR) is 46.6 cm³/mol. The van der Waals surface area contributed by atoms with Gasteiger partial charge in [-0.05, 0) is 22.0 Å². The van der Waals surface area contributed by atoms with Crippen LogP contribution in [-0.2, 0) is 10.1 Å². The molecule has 1 unspecified atom stereocenters. The maximum Gasteiger partial charge on any atom is 1.00 e. The Hall–Kier alpha value is 0.500. The summed E-state index contributed by atoms with van der Waals surface area (Å²) in [5.74, 6) is 0. The van der Waals surface area contributed by atoms with Crippen LogP contribution >= 0.6 is 15.9 Å². The van der Waals surface area contributed by atoms with Gasteiger partial charge in [0.2, 0.25) is 0 Å². The first kappa shape index (κ1) is 14.5. The van der Waals surface area contributed by atoms with Crippen molar-refractivity contribution in [3.63, 3.8) is 0 Å². The molecule has 0 aliphatic heterocycles. The van der Waals surface area contributed by atoms with Crippen LogP contribution in [-0.4, -0.2) is 23.1 Å². The van der Waals surface area contributed by atoms with E-state index in [4.69, 9.17) is 5.11 Å². The van der Waals surface area contributed by atoms with E-state index in [1.165, 1.54) is 18.5 Å². The maximum absolute atomic E-state index is 10.4. The Morgan fingerprint density at radius 3 is 2.57 bits per heavy atom. The molecule has 14 heavy (non-hydrogen) atoms. The van der Waals surface area contributed by atoms with E-state index in [0.29, 0.717) is 0 Å². The average Bonchev–Trinajstić information content (AvgIpc) is 2.02. The first-order chi connectivity index (χ1) is 5.93. The van der Waals surface area contributed by atoms with Crippen LogP contribution in [0.3, 0.4) is 0 Å². The van der Waals surface area contributed by atoms with Gasteiger partial charge in [-0.25, -0.2) is 8.42 Å². The molecule has 1 rings (SSSR count). The van der Waals surface area contributed by atoms with E-state index in [9.17, 15) is 13.0 Å². The third kappa shape index (κ3) is 3.58. The molecule has 0 aromatic carbocycles. The van der Waals surface area contributed by atoms with Crippen molar-refractivity contribution in [3.8, 4) is 0 Å². The minimum Gasteiger partial charge on any atom is -0.746 e. The van der Waals surface area contributed by atoms with E-state index in [0.717, 1.165) is 0 Å². The molecule has 0 aliphatic rings. The van der Waals surface area contributed by atoms with Gasteiger partial charge in [0.05, 0.1) is 0 Å². The smallest absolute Gasteiger partial charge is 0.746 e. The summed E-state index contributed by atoms with van der Waals surface area (Å²) >= 11 is 2.96. The number of nitrogens with zero attached hydrogens (tertiary/aromatic N) is 1. The Labute approximate surface area is 112 Å². The fourth-order valence-corrected chi connectivity index (χ4v) is 1.88. The summed E-state index contributed by atoms with van der Waals surface area (Å²) in [5.41, 5.74) is -2.06. The molecule has 1 atom stereocenters. The number of pyridine rings is 1.